The van der Waals surface area contributed by atoms with Gasteiger partial charge in [-0.3, -0.25) is 4.79 Å². The number of hydrogen-bond acceptors (Lipinski definition) is 3. The molecule has 0 aromatic heterocycles. The van der Waals surface area contributed by atoms with Crippen molar-refractivity contribution in [3.8, 4) is 0 Å². The van der Waals surface area contributed by atoms with Crippen LogP contribution in [0.2, 0.25) is 0 Å². The highest BCUT2D eigenvalue weighted by molar-refractivity contribution is 5.92. The maximum absolute atomic E-state index is 11.8. The van der Waals surface area contributed by atoms with Gasteiger partial charge in [-0.2, -0.15) is 0 Å². The summed E-state index contributed by atoms with van der Waals surface area (Å²) in [5.74, 6) is -0.221. The van der Waals surface area contributed by atoms with Crippen molar-refractivity contribution in [2.45, 2.75) is 32.3 Å². The van der Waals surface area contributed by atoms with Crippen LogP contribution in [0.4, 0.5) is 0 Å². The van der Waals surface area contributed by atoms with Crippen molar-refractivity contribution in [2.24, 2.45) is 0 Å². The molecule has 94 valence electrons. The van der Waals surface area contributed by atoms with Crippen molar-refractivity contribution in [1.29, 1.82) is 0 Å². The van der Waals surface area contributed by atoms with Crippen LogP contribution in [0.3, 0.4) is 0 Å². The maximum atomic E-state index is 11.8. The second kappa shape index (κ2) is 5.63. The van der Waals surface area contributed by atoms with Crippen LogP contribution in [0.15, 0.2) is 42.0 Å². The lowest BCUT2D eigenvalue weighted by atomic mass is 9.95. The normalized spacial score (nSPS) is 16.9. The van der Waals surface area contributed by atoms with Crippen LogP contribution in [0.25, 0.3) is 0 Å². The quantitative estimate of drug-likeness (QED) is 0.768. The van der Waals surface area contributed by atoms with Crippen molar-refractivity contribution >= 4 is 11.8 Å². The van der Waals surface area contributed by atoms with Gasteiger partial charge < -0.3 is 4.74 Å². The molecule has 3 nitrogen and oxygen atoms in total. The van der Waals surface area contributed by atoms with E-state index in [1.807, 2.05) is 13.0 Å². The van der Waals surface area contributed by atoms with Gasteiger partial charge in [0.2, 0.25) is 0 Å². The number of ether oxygens (including phenoxy) is 1. The Morgan fingerprint density at radius 3 is 2.61 bits per heavy atom. The highest BCUT2D eigenvalue weighted by Crippen LogP contribution is 2.21. The molecule has 1 atom stereocenters. The van der Waals surface area contributed by atoms with Crippen molar-refractivity contribution < 1.29 is 14.3 Å². The minimum absolute atomic E-state index is 0.124. The van der Waals surface area contributed by atoms with Gasteiger partial charge in [0, 0.05) is 6.42 Å². The lowest BCUT2D eigenvalue weighted by Crippen LogP contribution is -2.20. The predicted molar refractivity (Wildman–Crippen MR) is 68.3 cm³/mol. The molecule has 3 heteroatoms. The zero-order valence-corrected chi connectivity index (χ0v) is 10.4. The lowest BCUT2D eigenvalue weighted by molar-refractivity contribution is -0.115. The fourth-order valence-electron chi connectivity index (χ4n) is 2.02. The van der Waals surface area contributed by atoms with Crippen LogP contribution in [0.5, 0.6) is 0 Å². The molecule has 0 spiro atoms. The third kappa shape index (κ3) is 3.06. The van der Waals surface area contributed by atoms with Crippen molar-refractivity contribution in [1.82, 2.24) is 0 Å². The van der Waals surface area contributed by atoms with E-state index in [0.717, 1.165) is 18.4 Å². The highest BCUT2D eigenvalue weighted by Gasteiger charge is 2.19. The summed E-state index contributed by atoms with van der Waals surface area (Å²) < 4.78 is 5.36. The number of hydrogen-bond donors (Lipinski definition) is 0. The monoisotopic (exact) mass is 244 g/mol. The second-order valence-corrected chi connectivity index (χ2v) is 4.45. The van der Waals surface area contributed by atoms with Crippen LogP contribution in [-0.4, -0.2) is 17.9 Å². The first kappa shape index (κ1) is 12.6. The lowest BCUT2D eigenvalue weighted by Gasteiger charge is -2.19. The van der Waals surface area contributed by atoms with Gasteiger partial charge in [0.25, 0.3) is 0 Å². The van der Waals surface area contributed by atoms with Gasteiger partial charge in [-0.05, 0) is 43.5 Å². The standard InChI is InChI=1S/C15H16O3/c1-11(13-8-5-9-14(16)10-13)18-15(17)12-6-3-2-4-7-12/h2-4,6-7,10-11H,5,8-9H2,1H3. The number of allylic oxidation sites excluding steroid dienone is 1. The fourth-order valence-corrected chi connectivity index (χ4v) is 2.02. The van der Waals surface area contributed by atoms with Crippen LogP contribution in [0, 0.1) is 0 Å². The van der Waals surface area contributed by atoms with E-state index in [2.05, 4.69) is 0 Å². The molecule has 1 aliphatic rings. The van der Waals surface area contributed by atoms with E-state index < -0.39 is 0 Å². The molecule has 0 amide bonds. The number of carbonyl (C=O) groups is 2. The molecule has 0 fully saturated rings. The maximum Gasteiger partial charge on any atom is 0.338 e. The van der Waals surface area contributed by atoms with E-state index in [1.54, 1.807) is 30.3 Å². The van der Waals surface area contributed by atoms with Crippen LogP contribution in [0.1, 0.15) is 36.5 Å². The Hall–Kier alpha value is -1.90. The molecule has 1 unspecified atom stereocenters. The summed E-state index contributed by atoms with van der Waals surface area (Å²) in [6.45, 7) is 1.81. The van der Waals surface area contributed by atoms with E-state index in [9.17, 15) is 9.59 Å². The fraction of sp³-hybridized carbons (Fsp3) is 0.333. The predicted octanol–water partition coefficient (Wildman–Crippen LogP) is 2.91. The average molecular weight is 244 g/mol. The Balaban J connectivity index is 2.01. The summed E-state index contributed by atoms with van der Waals surface area (Å²) in [4.78, 5) is 23.2. The third-order valence-corrected chi connectivity index (χ3v) is 3.05. The molecule has 1 aliphatic carbocycles. The molecule has 0 saturated heterocycles. The molecule has 0 saturated carbocycles. The highest BCUT2D eigenvalue weighted by atomic mass is 16.5. The van der Waals surface area contributed by atoms with Crippen LogP contribution >= 0.6 is 0 Å². The van der Waals surface area contributed by atoms with Crippen LogP contribution < -0.4 is 0 Å². The number of benzene rings is 1. The molecule has 0 heterocycles. The van der Waals surface area contributed by atoms with E-state index >= 15 is 0 Å². The van der Waals surface area contributed by atoms with Crippen LogP contribution in [-0.2, 0) is 9.53 Å². The van der Waals surface area contributed by atoms with Crippen molar-refractivity contribution in [3.05, 3.63) is 47.5 Å². The summed E-state index contributed by atoms with van der Waals surface area (Å²) >= 11 is 0. The van der Waals surface area contributed by atoms with Gasteiger partial charge in [-0.25, -0.2) is 4.79 Å². The SMILES string of the molecule is CC(OC(=O)c1ccccc1)C1=CC(=O)CCC1. The van der Waals surface area contributed by atoms with E-state index in [0.29, 0.717) is 12.0 Å². The van der Waals surface area contributed by atoms with E-state index in [1.165, 1.54) is 0 Å². The number of ketones is 1. The summed E-state index contributed by atoms with van der Waals surface area (Å²) in [6.07, 6.45) is 3.56. The molecule has 0 bridgehead atoms. The smallest absolute Gasteiger partial charge is 0.338 e. The molecule has 1 aromatic carbocycles. The Bertz CT molecular complexity index is 474. The number of rotatable bonds is 3. The molecule has 18 heavy (non-hydrogen) atoms. The van der Waals surface area contributed by atoms with Gasteiger partial charge in [-0.15, -0.1) is 0 Å². The number of esters is 1. The van der Waals surface area contributed by atoms with Gasteiger partial charge in [0.1, 0.15) is 6.10 Å². The van der Waals surface area contributed by atoms with E-state index in [-0.39, 0.29) is 17.9 Å². The first-order valence-electron chi connectivity index (χ1n) is 6.16. The summed E-state index contributed by atoms with van der Waals surface area (Å²) in [7, 11) is 0. The molecule has 0 aliphatic heterocycles. The first-order chi connectivity index (χ1) is 8.66. The Kier molecular flexibility index (Phi) is 3.92. The zero-order chi connectivity index (χ0) is 13.0. The minimum atomic E-state index is -0.345. The van der Waals surface area contributed by atoms with Gasteiger partial charge >= 0.3 is 5.97 Å². The minimum Gasteiger partial charge on any atom is -0.455 e. The van der Waals surface area contributed by atoms with Crippen molar-refractivity contribution in [2.75, 3.05) is 0 Å². The molecule has 0 radical (unpaired) electrons. The third-order valence-electron chi connectivity index (χ3n) is 3.05. The molecule has 0 N–H and O–H groups in total. The van der Waals surface area contributed by atoms with Crippen molar-refractivity contribution in [3.63, 3.8) is 0 Å². The van der Waals surface area contributed by atoms with Gasteiger partial charge in [-0.1, -0.05) is 18.2 Å². The van der Waals surface area contributed by atoms with E-state index in [4.69, 9.17) is 4.74 Å². The van der Waals surface area contributed by atoms with Gasteiger partial charge in [0.15, 0.2) is 5.78 Å². The van der Waals surface area contributed by atoms with Gasteiger partial charge in [0.05, 0.1) is 5.56 Å². The Labute approximate surface area is 106 Å². The molecular weight excluding hydrogens is 228 g/mol. The first-order valence-corrected chi connectivity index (χ1v) is 6.16. The summed E-state index contributed by atoms with van der Waals surface area (Å²) in [5, 5.41) is 0. The molecule has 2 rings (SSSR count). The second-order valence-electron chi connectivity index (χ2n) is 4.45. The number of carbonyl (C=O) groups excluding carboxylic acids is 2. The summed E-state index contributed by atoms with van der Waals surface area (Å²) in [5.41, 5.74) is 1.45. The topological polar surface area (TPSA) is 43.4 Å². The zero-order valence-electron chi connectivity index (χ0n) is 10.4. The average Bonchev–Trinajstić information content (AvgIpc) is 2.39. The summed E-state index contributed by atoms with van der Waals surface area (Å²) in [6, 6.07) is 8.88. The Morgan fingerprint density at radius 2 is 1.94 bits per heavy atom. The largest absolute Gasteiger partial charge is 0.455 e. The Morgan fingerprint density at radius 1 is 1.22 bits per heavy atom. The molecular formula is C15H16O3. The molecule has 1 aromatic rings.